The monoisotopic (exact) mass is 1100 g/mol. The molecular formula is C54H56Cl2F2N14O6. The molecule has 0 radical (unpaired) electrons. The van der Waals surface area contributed by atoms with Crippen LogP contribution in [0.1, 0.15) is 132 Å². The van der Waals surface area contributed by atoms with Gasteiger partial charge in [0.05, 0.1) is 40.1 Å². The summed E-state index contributed by atoms with van der Waals surface area (Å²) in [6, 6.07) is 13.8. The topological polar surface area (TPSA) is 260 Å². The van der Waals surface area contributed by atoms with Crippen molar-refractivity contribution in [1.29, 1.82) is 0 Å². The number of primary amides is 1. The van der Waals surface area contributed by atoms with E-state index in [-0.39, 0.29) is 69.1 Å². The van der Waals surface area contributed by atoms with Crippen LogP contribution in [0.5, 0.6) is 0 Å². The number of benzene rings is 2. The van der Waals surface area contributed by atoms with Crippen molar-refractivity contribution >= 4 is 81.3 Å². The third kappa shape index (κ3) is 11.3. The Kier molecular flexibility index (Phi) is 15.5. The summed E-state index contributed by atoms with van der Waals surface area (Å²) in [4.78, 5) is 93.0. The standard InChI is InChI=1S/2C23H23ClFN5O2.C8H10N4O2/c24-18-13-15(25)3-4-19(18)29-11-1-7-23(22(29)32)8-5-16(6-9-23)28-21(31)17-14-27-30-12-2-10-26-20(17)30;24-17-13-15(25)4-5-18(17)29-12-2-8-23(22(29)32)9-6-16(7-10-23)28-21(31)19-14-26-20-3-1-11-27-30(19)20;9-7(13)5-6(11-3-10-5)8(14)12-4-1-2-4/h2-4,10,12-14,16H,1,5-9,11H2,(H,28,31);1,3-5,11,13-14,16H,2,6-10,12H2,(H,28,31);3-4H,1-2H2,(H2,9,13)(H,10,11)(H,12,14). The molecule has 0 atom stereocenters. The van der Waals surface area contributed by atoms with E-state index in [1.165, 1.54) is 47.5 Å². The van der Waals surface area contributed by atoms with Gasteiger partial charge in [0.1, 0.15) is 28.6 Å². The van der Waals surface area contributed by atoms with E-state index in [2.05, 4.69) is 46.1 Å². The van der Waals surface area contributed by atoms with Gasteiger partial charge in [0.25, 0.3) is 23.6 Å². The molecule has 2 aromatic carbocycles. The lowest BCUT2D eigenvalue weighted by molar-refractivity contribution is -0.133. The highest BCUT2D eigenvalue weighted by molar-refractivity contribution is 6.34. The first-order chi connectivity index (χ1) is 37.6. The number of anilines is 2. The molecule has 0 unspecified atom stereocenters. The fourth-order valence-electron chi connectivity index (χ4n) is 11.2. The van der Waals surface area contributed by atoms with Crippen LogP contribution in [0, 0.1) is 22.5 Å². The Balaban J connectivity index is 0.000000142. The Bertz CT molecular complexity index is 3230. The summed E-state index contributed by atoms with van der Waals surface area (Å²) in [5, 5.41) is 17.8. The van der Waals surface area contributed by atoms with E-state index < -0.39 is 28.4 Å². The number of carbonyl (C=O) groups is 6. The van der Waals surface area contributed by atoms with Gasteiger partial charge >= 0.3 is 0 Å². The van der Waals surface area contributed by atoms with Crippen LogP contribution in [0.4, 0.5) is 20.2 Å². The van der Waals surface area contributed by atoms with Gasteiger partial charge in [0.2, 0.25) is 11.8 Å². The van der Waals surface area contributed by atoms with Gasteiger partial charge in [-0.15, -0.1) is 0 Å². The van der Waals surface area contributed by atoms with Gasteiger partial charge in [-0.1, -0.05) is 23.2 Å². The van der Waals surface area contributed by atoms with Gasteiger partial charge in [0, 0.05) is 60.6 Å². The van der Waals surface area contributed by atoms with Crippen LogP contribution in [-0.2, 0) is 9.59 Å². The molecule has 78 heavy (non-hydrogen) atoms. The predicted octanol–water partition coefficient (Wildman–Crippen LogP) is 7.42. The molecule has 0 bridgehead atoms. The average molecular weight is 1110 g/mol. The molecule has 12 rings (SSSR count). The highest BCUT2D eigenvalue weighted by Crippen LogP contribution is 2.48. The molecule has 6 N–H and O–H groups in total. The second kappa shape index (κ2) is 22.6. The fourth-order valence-corrected chi connectivity index (χ4v) is 11.7. The molecule has 406 valence electrons. The van der Waals surface area contributed by atoms with Crippen LogP contribution in [0.3, 0.4) is 0 Å². The summed E-state index contributed by atoms with van der Waals surface area (Å²) >= 11 is 12.5. The average Bonchev–Trinajstić information content (AvgIpc) is 3.88. The SMILES string of the molecule is NC(=O)c1nc[nH]c1C(=O)NC1CC1.O=C(NC1CCC2(CCCN(c3ccc(F)cc3Cl)C2=O)CC1)c1cnc2cccnn12.O=C(NC1CCC2(CCCN(c3ccc(F)cc3Cl)C2=O)CC1)c1cnn2cccnc12. The minimum Gasteiger partial charge on any atom is -0.364 e. The number of imidazole rings is 2. The van der Waals surface area contributed by atoms with Crippen molar-refractivity contribution in [2.24, 2.45) is 16.6 Å². The second-order valence-corrected chi connectivity index (χ2v) is 21.3. The van der Waals surface area contributed by atoms with E-state index in [0.29, 0.717) is 85.5 Å². The maximum absolute atomic E-state index is 13.5. The van der Waals surface area contributed by atoms with Crippen LogP contribution in [0.2, 0.25) is 10.0 Å². The van der Waals surface area contributed by atoms with Gasteiger partial charge in [-0.3, -0.25) is 28.8 Å². The number of fused-ring (bicyclic) bond motifs is 2. The number of nitrogens with two attached hydrogens (primary N) is 1. The molecule has 6 amide bonds. The van der Waals surface area contributed by atoms with E-state index in [4.69, 9.17) is 28.9 Å². The zero-order valence-corrected chi connectivity index (χ0v) is 43.8. The minimum atomic E-state index is -0.702. The van der Waals surface area contributed by atoms with Crippen LogP contribution < -0.4 is 31.5 Å². The first-order valence-electron chi connectivity index (χ1n) is 26.0. The smallest absolute Gasteiger partial charge is 0.271 e. The lowest BCUT2D eigenvalue weighted by Gasteiger charge is -2.45. The number of H-pyrrole nitrogens is 1. The summed E-state index contributed by atoms with van der Waals surface area (Å²) < 4.78 is 30.0. The Morgan fingerprint density at radius 2 is 1.22 bits per heavy atom. The van der Waals surface area contributed by atoms with Gasteiger partial charge < -0.3 is 36.5 Å². The van der Waals surface area contributed by atoms with E-state index >= 15 is 0 Å². The molecule has 5 aromatic heterocycles. The molecular weight excluding hydrogens is 1050 g/mol. The highest BCUT2D eigenvalue weighted by Gasteiger charge is 2.48. The number of piperidine rings is 2. The molecule has 3 aliphatic carbocycles. The molecule has 3 saturated carbocycles. The van der Waals surface area contributed by atoms with Gasteiger partial charge in [-0.25, -0.2) is 32.8 Å². The Hall–Kier alpha value is -7.85. The zero-order valence-electron chi connectivity index (χ0n) is 42.3. The third-order valence-corrected chi connectivity index (χ3v) is 16.1. The largest absolute Gasteiger partial charge is 0.364 e. The number of nitrogens with zero attached hydrogens (tertiary/aromatic N) is 9. The quantitative estimate of drug-likeness (QED) is 0.0950. The number of aromatic nitrogens is 8. The first kappa shape index (κ1) is 53.5. The highest BCUT2D eigenvalue weighted by atomic mass is 35.5. The van der Waals surface area contributed by atoms with Gasteiger partial charge in [-0.2, -0.15) is 10.2 Å². The first-order valence-corrected chi connectivity index (χ1v) is 26.7. The van der Waals surface area contributed by atoms with Crippen molar-refractivity contribution in [3.63, 3.8) is 0 Å². The maximum atomic E-state index is 13.5. The van der Waals surface area contributed by atoms with Crippen molar-refractivity contribution in [1.82, 2.24) is 55.1 Å². The van der Waals surface area contributed by atoms with Crippen LogP contribution in [0.15, 0.2) is 91.9 Å². The number of nitrogens with one attached hydrogen (secondary N) is 4. The van der Waals surface area contributed by atoms with E-state index in [1.54, 1.807) is 63.2 Å². The van der Waals surface area contributed by atoms with Crippen molar-refractivity contribution in [3.05, 3.63) is 136 Å². The molecule has 7 heterocycles. The van der Waals surface area contributed by atoms with Crippen molar-refractivity contribution in [2.75, 3.05) is 22.9 Å². The lowest BCUT2D eigenvalue weighted by Crippen LogP contribution is -2.52. The van der Waals surface area contributed by atoms with E-state index in [0.717, 1.165) is 51.4 Å². The summed E-state index contributed by atoms with van der Waals surface area (Å²) in [7, 11) is 0. The molecule has 24 heteroatoms. The molecule has 2 spiro atoms. The second-order valence-electron chi connectivity index (χ2n) is 20.5. The number of carbonyl (C=O) groups excluding carboxylic acids is 6. The zero-order chi connectivity index (χ0) is 54.7. The summed E-state index contributed by atoms with van der Waals surface area (Å²) in [5.74, 6) is -2.18. The summed E-state index contributed by atoms with van der Waals surface area (Å²) in [6.07, 6.45) is 20.3. The van der Waals surface area contributed by atoms with Gasteiger partial charge in [0.15, 0.2) is 17.0 Å². The molecule has 2 aliphatic heterocycles. The normalized spacial score (nSPS) is 22.1. The van der Waals surface area contributed by atoms with E-state index in [1.807, 2.05) is 0 Å². The predicted molar refractivity (Wildman–Crippen MR) is 284 cm³/mol. The Morgan fingerprint density at radius 3 is 1.78 bits per heavy atom. The van der Waals surface area contributed by atoms with Crippen LogP contribution in [0.25, 0.3) is 11.3 Å². The number of hydrogen-bond acceptors (Lipinski definition) is 11. The van der Waals surface area contributed by atoms with Crippen LogP contribution in [-0.4, -0.2) is 106 Å². The van der Waals surface area contributed by atoms with Gasteiger partial charge in [-0.05, 0) is 144 Å². The number of hydrogen-bond donors (Lipinski definition) is 5. The molecule has 5 fully saturated rings. The molecule has 5 aliphatic rings. The number of rotatable bonds is 9. The fraction of sp³-hybridized carbons (Fsp3) is 0.389. The maximum Gasteiger partial charge on any atom is 0.271 e. The summed E-state index contributed by atoms with van der Waals surface area (Å²) in [5.41, 5.74) is 7.36. The Morgan fingerprint density at radius 1 is 0.654 bits per heavy atom. The lowest BCUT2D eigenvalue weighted by atomic mass is 9.67. The summed E-state index contributed by atoms with van der Waals surface area (Å²) in [6.45, 7) is 1.15. The van der Waals surface area contributed by atoms with Crippen molar-refractivity contribution in [3.8, 4) is 0 Å². The van der Waals surface area contributed by atoms with Crippen molar-refractivity contribution in [2.45, 2.75) is 108 Å². The minimum absolute atomic E-state index is 0.00984. The molecule has 2 saturated heterocycles. The van der Waals surface area contributed by atoms with E-state index in [9.17, 15) is 37.5 Å². The Labute approximate surface area is 455 Å². The van der Waals surface area contributed by atoms with Crippen molar-refractivity contribution < 1.29 is 37.5 Å². The molecule has 20 nitrogen and oxygen atoms in total. The number of halogens is 4. The number of aromatic amines is 1. The third-order valence-electron chi connectivity index (χ3n) is 15.5. The molecule has 7 aromatic rings. The number of amides is 6. The van der Waals surface area contributed by atoms with Crippen LogP contribution >= 0.6 is 23.2 Å².